The molecule has 0 radical (unpaired) electrons. The van der Waals surface area contributed by atoms with E-state index in [4.69, 9.17) is 16.3 Å². The fourth-order valence-corrected chi connectivity index (χ4v) is 3.67. The van der Waals surface area contributed by atoms with Crippen LogP contribution in [0, 0.1) is 0 Å². The van der Waals surface area contributed by atoms with Crippen molar-refractivity contribution >= 4 is 28.8 Å². The molecule has 1 aliphatic rings. The molecule has 23 heavy (non-hydrogen) atoms. The predicted octanol–water partition coefficient (Wildman–Crippen LogP) is 3.37. The Labute approximate surface area is 145 Å². The van der Waals surface area contributed by atoms with Crippen molar-refractivity contribution in [2.24, 2.45) is 0 Å². The van der Waals surface area contributed by atoms with Crippen LogP contribution in [0.5, 0.6) is 5.75 Å². The molecule has 0 spiro atoms. The first kappa shape index (κ1) is 16.3. The minimum Gasteiger partial charge on any atom is -0.496 e. The van der Waals surface area contributed by atoms with Crippen molar-refractivity contribution in [3.05, 3.63) is 51.2 Å². The van der Waals surface area contributed by atoms with Gasteiger partial charge in [-0.1, -0.05) is 17.7 Å². The Balaban J connectivity index is 1.63. The first-order valence-electron chi connectivity index (χ1n) is 7.55. The van der Waals surface area contributed by atoms with Crippen molar-refractivity contribution in [3.63, 3.8) is 0 Å². The van der Waals surface area contributed by atoms with Crippen molar-refractivity contribution in [2.75, 3.05) is 33.3 Å². The Bertz CT molecular complexity index is 667. The second kappa shape index (κ2) is 7.34. The summed E-state index contributed by atoms with van der Waals surface area (Å²) in [6.45, 7) is 4.17. The highest BCUT2D eigenvalue weighted by Crippen LogP contribution is 2.24. The van der Waals surface area contributed by atoms with E-state index in [1.54, 1.807) is 36.6 Å². The topological polar surface area (TPSA) is 32.8 Å². The van der Waals surface area contributed by atoms with E-state index in [1.165, 1.54) is 4.88 Å². The van der Waals surface area contributed by atoms with E-state index in [0.717, 1.165) is 32.7 Å². The lowest BCUT2D eigenvalue weighted by molar-refractivity contribution is 0.0626. The Morgan fingerprint density at radius 2 is 2.04 bits per heavy atom. The lowest BCUT2D eigenvalue weighted by Crippen LogP contribution is -2.48. The number of benzene rings is 1. The minimum atomic E-state index is -0.0138. The van der Waals surface area contributed by atoms with Crippen LogP contribution in [0.15, 0.2) is 35.7 Å². The number of halogens is 1. The Hall–Kier alpha value is -1.56. The van der Waals surface area contributed by atoms with Crippen molar-refractivity contribution in [3.8, 4) is 5.75 Å². The number of rotatable bonds is 4. The molecule has 0 aliphatic carbocycles. The van der Waals surface area contributed by atoms with Gasteiger partial charge in [-0.25, -0.2) is 0 Å². The van der Waals surface area contributed by atoms with Crippen molar-refractivity contribution in [2.45, 2.75) is 6.54 Å². The van der Waals surface area contributed by atoms with Crippen LogP contribution in [0.1, 0.15) is 15.2 Å². The van der Waals surface area contributed by atoms with Crippen LogP contribution in [0.2, 0.25) is 5.02 Å². The quantitative estimate of drug-likeness (QED) is 0.847. The van der Waals surface area contributed by atoms with Crippen LogP contribution in [-0.2, 0) is 6.54 Å². The molecule has 1 saturated heterocycles. The van der Waals surface area contributed by atoms with Crippen molar-refractivity contribution in [1.82, 2.24) is 9.80 Å². The maximum atomic E-state index is 12.7. The fourth-order valence-electron chi connectivity index (χ4n) is 2.75. The molecule has 0 unspecified atom stereocenters. The number of nitrogens with zero attached hydrogens (tertiary/aromatic N) is 2. The van der Waals surface area contributed by atoms with Crippen LogP contribution in [0.25, 0.3) is 0 Å². The summed E-state index contributed by atoms with van der Waals surface area (Å²) in [7, 11) is 1.57. The second-order valence-corrected chi connectivity index (χ2v) is 6.96. The smallest absolute Gasteiger partial charge is 0.257 e. The molecule has 122 valence electrons. The number of ether oxygens (including phenoxy) is 1. The first-order valence-corrected chi connectivity index (χ1v) is 8.80. The zero-order chi connectivity index (χ0) is 16.2. The summed E-state index contributed by atoms with van der Waals surface area (Å²) in [5.41, 5.74) is 0.534. The number of hydrogen-bond donors (Lipinski definition) is 0. The van der Waals surface area contributed by atoms with E-state index < -0.39 is 0 Å². The van der Waals surface area contributed by atoms with Gasteiger partial charge in [0.15, 0.2) is 0 Å². The number of amides is 1. The molecule has 1 aromatic carbocycles. The lowest BCUT2D eigenvalue weighted by Gasteiger charge is -2.34. The number of methoxy groups -OCH3 is 1. The maximum Gasteiger partial charge on any atom is 0.257 e. The summed E-state index contributed by atoms with van der Waals surface area (Å²) in [5, 5.41) is 2.64. The highest BCUT2D eigenvalue weighted by molar-refractivity contribution is 7.09. The number of thiophene rings is 1. The molecule has 1 aromatic heterocycles. The average Bonchev–Trinajstić information content (AvgIpc) is 3.08. The molecule has 4 nitrogen and oxygen atoms in total. The van der Waals surface area contributed by atoms with E-state index in [1.807, 2.05) is 4.90 Å². The Morgan fingerprint density at radius 3 is 2.70 bits per heavy atom. The Kier molecular flexibility index (Phi) is 5.20. The van der Waals surface area contributed by atoms with Crippen LogP contribution in [0.3, 0.4) is 0 Å². The van der Waals surface area contributed by atoms with Crippen LogP contribution in [0.4, 0.5) is 0 Å². The van der Waals surface area contributed by atoms with Crippen LogP contribution >= 0.6 is 22.9 Å². The number of hydrogen-bond acceptors (Lipinski definition) is 4. The highest BCUT2D eigenvalue weighted by atomic mass is 35.5. The van der Waals surface area contributed by atoms with E-state index in [-0.39, 0.29) is 5.91 Å². The van der Waals surface area contributed by atoms with Crippen molar-refractivity contribution < 1.29 is 9.53 Å². The standard InChI is InChI=1S/C17H19ClN2O2S/c1-22-16-5-4-13(18)11-15(16)17(21)20-8-6-19(7-9-20)12-14-3-2-10-23-14/h2-5,10-11H,6-9,12H2,1H3. The van der Waals surface area contributed by atoms with Gasteiger partial charge in [-0.05, 0) is 29.6 Å². The largest absolute Gasteiger partial charge is 0.496 e. The molecule has 2 aromatic rings. The van der Waals surface area contributed by atoms with Crippen LogP contribution in [-0.4, -0.2) is 49.0 Å². The van der Waals surface area contributed by atoms with Gasteiger partial charge < -0.3 is 9.64 Å². The third-order valence-electron chi connectivity index (χ3n) is 4.01. The molecule has 1 fully saturated rings. The first-order chi connectivity index (χ1) is 11.2. The third kappa shape index (κ3) is 3.86. The zero-order valence-corrected chi connectivity index (χ0v) is 14.6. The predicted molar refractivity (Wildman–Crippen MR) is 93.5 cm³/mol. The van der Waals surface area contributed by atoms with E-state index >= 15 is 0 Å². The second-order valence-electron chi connectivity index (χ2n) is 5.49. The summed E-state index contributed by atoms with van der Waals surface area (Å²) in [6, 6.07) is 9.38. The molecule has 0 N–H and O–H groups in total. The van der Waals surface area contributed by atoms with E-state index in [9.17, 15) is 4.79 Å². The summed E-state index contributed by atoms with van der Waals surface area (Å²) in [5.74, 6) is 0.556. The van der Waals surface area contributed by atoms with Gasteiger partial charge in [-0.15, -0.1) is 11.3 Å². The average molecular weight is 351 g/mol. The molecule has 0 saturated carbocycles. The SMILES string of the molecule is COc1ccc(Cl)cc1C(=O)N1CCN(Cc2cccs2)CC1. The number of carbonyl (C=O) groups is 1. The van der Waals surface area contributed by atoms with Gasteiger partial charge >= 0.3 is 0 Å². The zero-order valence-electron chi connectivity index (χ0n) is 13.0. The van der Waals surface area contributed by atoms with E-state index in [0.29, 0.717) is 16.3 Å². The minimum absolute atomic E-state index is 0.0138. The lowest BCUT2D eigenvalue weighted by atomic mass is 10.1. The summed E-state index contributed by atoms with van der Waals surface area (Å²) in [4.78, 5) is 18.3. The Morgan fingerprint density at radius 1 is 1.26 bits per heavy atom. The van der Waals surface area contributed by atoms with Crippen molar-refractivity contribution in [1.29, 1.82) is 0 Å². The van der Waals surface area contributed by atoms with Crippen LogP contribution < -0.4 is 4.74 Å². The van der Waals surface area contributed by atoms with Gasteiger partial charge in [0.05, 0.1) is 12.7 Å². The molecule has 3 rings (SSSR count). The molecular formula is C17H19ClN2O2S. The van der Waals surface area contributed by atoms with Gasteiger partial charge in [-0.3, -0.25) is 9.69 Å². The number of carbonyl (C=O) groups excluding carboxylic acids is 1. The van der Waals surface area contributed by atoms with Gasteiger partial charge in [0.25, 0.3) is 5.91 Å². The summed E-state index contributed by atoms with van der Waals surface area (Å²) < 4.78 is 5.29. The molecule has 6 heteroatoms. The van der Waals surface area contributed by atoms with Gasteiger partial charge in [0.2, 0.25) is 0 Å². The normalized spacial score (nSPS) is 15.7. The maximum absolute atomic E-state index is 12.7. The van der Waals surface area contributed by atoms with Gasteiger partial charge in [-0.2, -0.15) is 0 Å². The van der Waals surface area contributed by atoms with E-state index in [2.05, 4.69) is 22.4 Å². The highest BCUT2D eigenvalue weighted by Gasteiger charge is 2.24. The molecule has 1 amide bonds. The monoisotopic (exact) mass is 350 g/mol. The fraction of sp³-hybridized carbons (Fsp3) is 0.353. The molecule has 2 heterocycles. The third-order valence-corrected chi connectivity index (χ3v) is 5.11. The molecule has 0 atom stereocenters. The summed E-state index contributed by atoms with van der Waals surface area (Å²) in [6.07, 6.45) is 0. The van der Waals surface area contributed by atoms with Gasteiger partial charge in [0.1, 0.15) is 5.75 Å². The molecular weight excluding hydrogens is 332 g/mol. The summed E-state index contributed by atoms with van der Waals surface area (Å²) >= 11 is 7.80. The number of piperazine rings is 1. The van der Waals surface area contributed by atoms with Gasteiger partial charge in [0, 0.05) is 42.6 Å². The molecule has 0 bridgehead atoms. The molecule has 1 aliphatic heterocycles.